The molecule has 0 unspecified atom stereocenters. The summed E-state index contributed by atoms with van der Waals surface area (Å²) in [5.41, 5.74) is 3.27. The van der Waals surface area contributed by atoms with E-state index >= 15 is 0 Å². The van der Waals surface area contributed by atoms with E-state index in [2.05, 4.69) is 15.3 Å². The molecular weight excluding hydrogens is 426 g/mol. The first-order chi connectivity index (χ1) is 14.7. The molecule has 1 amide bonds. The molecule has 2 rings (SSSR count). The number of methoxy groups -OCH3 is 2. The molecule has 0 radical (unpaired) electrons. The van der Waals surface area contributed by atoms with Gasteiger partial charge in [0.1, 0.15) is 18.0 Å². The molecule has 11 heteroatoms. The van der Waals surface area contributed by atoms with Gasteiger partial charge in [0.2, 0.25) is 10.0 Å². The zero-order valence-corrected chi connectivity index (χ0v) is 18.1. The van der Waals surface area contributed by atoms with E-state index in [-0.39, 0.29) is 6.61 Å². The molecule has 0 spiro atoms. The first-order valence-electron chi connectivity index (χ1n) is 8.96. The number of carbonyl (C=O) groups excluding carboxylic acids is 2. The van der Waals surface area contributed by atoms with Gasteiger partial charge in [-0.15, -0.1) is 0 Å². The summed E-state index contributed by atoms with van der Waals surface area (Å²) in [6.45, 7) is -0.645. The summed E-state index contributed by atoms with van der Waals surface area (Å²) in [5.74, 6) is -0.0792. The largest absolute Gasteiger partial charge is 0.497 e. The predicted octanol–water partition coefficient (Wildman–Crippen LogP) is 1.16. The normalized spacial score (nSPS) is 11.1. The summed E-state index contributed by atoms with van der Waals surface area (Å²) in [6, 6.07) is 12.9. The van der Waals surface area contributed by atoms with Crippen molar-refractivity contribution in [2.75, 3.05) is 37.9 Å². The van der Waals surface area contributed by atoms with Crippen LogP contribution in [0, 0.1) is 0 Å². The summed E-state index contributed by atoms with van der Waals surface area (Å²) >= 11 is 0. The highest BCUT2D eigenvalue weighted by Gasteiger charge is 2.20. The van der Waals surface area contributed by atoms with Gasteiger partial charge < -0.3 is 14.2 Å². The van der Waals surface area contributed by atoms with Crippen LogP contribution < -0.4 is 19.2 Å². The number of ether oxygens (including phenoxy) is 3. The van der Waals surface area contributed by atoms with Gasteiger partial charge in [-0.25, -0.2) is 18.6 Å². The summed E-state index contributed by atoms with van der Waals surface area (Å²) in [7, 11) is -0.928. The first kappa shape index (κ1) is 23.7. The van der Waals surface area contributed by atoms with Gasteiger partial charge in [0.25, 0.3) is 5.91 Å². The van der Waals surface area contributed by atoms with Crippen LogP contribution in [0.25, 0.3) is 0 Å². The van der Waals surface area contributed by atoms with E-state index in [4.69, 9.17) is 9.47 Å². The van der Waals surface area contributed by atoms with Gasteiger partial charge in [0, 0.05) is 0 Å². The molecule has 31 heavy (non-hydrogen) atoms. The quantitative estimate of drug-likeness (QED) is 0.328. The van der Waals surface area contributed by atoms with Crippen molar-refractivity contribution in [3.05, 3.63) is 54.1 Å². The number of rotatable bonds is 10. The molecule has 10 nitrogen and oxygen atoms in total. The third-order valence-corrected chi connectivity index (χ3v) is 5.06. The zero-order chi connectivity index (χ0) is 22.9. The van der Waals surface area contributed by atoms with Gasteiger partial charge in [-0.1, -0.05) is 0 Å². The van der Waals surface area contributed by atoms with Crippen LogP contribution in [0.5, 0.6) is 11.5 Å². The van der Waals surface area contributed by atoms with Crippen molar-refractivity contribution in [2.24, 2.45) is 5.10 Å². The monoisotopic (exact) mass is 449 g/mol. The second-order valence-corrected chi connectivity index (χ2v) is 8.10. The lowest BCUT2D eigenvalue weighted by atomic mass is 10.2. The van der Waals surface area contributed by atoms with E-state index in [9.17, 15) is 18.0 Å². The number of nitrogens with one attached hydrogen (secondary N) is 1. The summed E-state index contributed by atoms with van der Waals surface area (Å²) < 4.78 is 39.9. The van der Waals surface area contributed by atoms with E-state index in [0.717, 1.165) is 10.6 Å². The van der Waals surface area contributed by atoms with E-state index < -0.39 is 28.4 Å². The second-order valence-electron chi connectivity index (χ2n) is 6.19. The van der Waals surface area contributed by atoms with Gasteiger partial charge in [-0.3, -0.25) is 9.10 Å². The summed E-state index contributed by atoms with van der Waals surface area (Å²) in [4.78, 5) is 23.3. The lowest BCUT2D eigenvalue weighted by molar-refractivity contribution is -0.142. The Morgan fingerprint density at radius 1 is 1.03 bits per heavy atom. The van der Waals surface area contributed by atoms with E-state index in [0.29, 0.717) is 22.7 Å². The molecule has 0 aliphatic heterocycles. The number of hydrogen-bond acceptors (Lipinski definition) is 8. The fourth-order valence-electron chi connectivity index (χ4n) is 2.34. The highest BCUT2D eigenvalue weighted by atomic mass is 32.2. The molecule has 2 aromatic rings. The minimum absolute atomic E-state index is 0.203. The molecular formula is C20H23N3O7S. The zero-order valence-electron chi connectivity index (χ0n) is 17.3. The van der Waals surface area contributed by atoms with Crippen LogP contribution in [0.2, 0.25) is 0 Å². The number of sulfonamides is 1. The Bertz CT molecular complexity index is 1020. The summed E-state index contributed by atoms with van der Waals surface area (Å²) in [5, 5.41) is 3.83. The molecule has 0 saturated heterocycles. The Hall–Kier alpha value is -3.60. The maximum Gasteiger partial charge on any atom is 0.343 e. The van der Waals surface area contributed by atoms with Crippen LogP contribution in [-0.2, 0) is 24.3 Å². The van der Waals surface area contributed by atoms with Crippen molar-refractivity contribution < 1.29 is 32.2 Å². The summed E-state index contributed by atoms with van der Waals surface area (Å²) in [6.07, 6.45) is 2.40. The molecule has 0 aliphatic rings. The molecule has 1 N–H and O–H groups in total. The third kappa shape index (κ3) is 7.63. The van der Waals surface area contributed by atoms with Crippen molar-refractivity contribution in [1.82, 2.24) is 5.43 Å². The maximum absolute atomic E-state index is 12.2. The smallest absolute Gasteiger partial charge is 0.343 e. The minimum Gasteiger partial charge on any atom is -0.497 e. The van der Waals surface area contributed by atoms with Gasteiger partial charge in [0.05, 0.1) is 32.4 Å². The topological polar surface area (TPSA) is 124 Å². The molecule has 0 aliphatic carbocycles. The predicted molar refractivity (Wildman–Crippen MR) is 115 cm³/mol. The Labute approximate surface area is 180 Å². The van der Waals surface area contributed by atoms with Crippen molar-refractivity contribution in [3.63, 3.8) is 0 Å². The lowest BCUT2D eigenvalue weighted by Crippen LogP contribution is -2.39. The van der Waals surface area contributed by atoms with Gasteiger partial charge in [-0.05, 0) is 54.1 Å². The van der Waals surface area contributed by atoms with Crippen molar-refractivity contribution >= 4 is 33.8 Å². The molecule has 0 fully saturated rings. The second kappa shape index (κ2) is 11.0. The van der Waals surface area contributed by atoms with Gasteiger partial charge in [-0.2, -0.15) is 5.10 Å². The van der Waals surface area contributed by atoms with E-state index in [1.807, 2.05) is 0 Å². The average molecular weight is 449 g/mol. The maximum atomic E-state index is 12.2. The molecule has 166 valence electrons. The van der Waals surface area contributed by atoms with E-state index in [1.54, 1.807) is 48.5 Å². The number of amides is 1. The lowest BCUT2D eigenvalue weighted by Gasteiger charge is -2.21. The van der Waals surface area contributed by atoms with Crippen molar-refractivity contribution in [2.45, 2.75) is 0 Å². The minimum atomic E-state index is -3.70. The number of hydrogen-bond donors (Lipinski definition) is 1. The highest BCUT2D eigenvalue weighted by Crippen LogP contribution is 2.21. The van der Waals surface area contributed by atoms with Crippen molar-refractivity contribution in [3.8, 4) is 11.5 Å². The van der Waals surface area contributed by atoms with Gasteiger partial charge in [0.15, 0.2) is 6.61 Å². The van der Waals surface area contributed by atoms with Crippen LogP contribution >= 0.6 is 0 Å². The number of benzene rings is 2. The molecule has 0 atom stereocenters. The number of nitrogens with zero attached hydrogens (tertiary/aromatic N) is 2. The number of hydrazone groups is 1. The average Bonchev–Trinajstić information content (AvgIpc) is 2.76. The SMILES string of the molecule is COC(=O)COc1ccc(/C=N\NC(=O)CN(c2ccc(OC)cc2)S(C)(=O)=O)cc1. The number of esters is 1. The Morgan fingerprint density at radius 3 is 2.19 bits per heavy atom. The molecule has 0 heterocycles. The van der Waals surface area contributed by atoms with Crippen molar-refractivity contribution in [1.29, 1.82) is 0 Å². The van der Waals surface area contributed by atoms with Crippen LogP contribution in [0.15, 0.2) is 53.6 Å². The molecule has 2 aromatic carbocycles. The van der Waals surface area contributed by atoms with E-state index in [1.165, 1.54) is 20.4 Å². The third-order valence-electron chi connectivity index (χ3n) is 3.92. The standard InChI is InChI=1S/C20H23N3O7S/c1-28-17-10-6-16(7-11-17)23(31(3,26)27)13-19(24)22-21-12-15-4-8-18(9-5-15)30-14-20(25)29-2/h4-12H,13-14H2,1-3H3,(H,22,24)/b21-12-. The fraction of sp³-hybridized carbons (Fsp3) is 0.250. The molecule has 0 aromatic heterocycles. The Morgan fingerprint density at radius 2 is 1.65 bits per heavy atom. The van der Waals surface area contributed by atoms with Crippen LogP contribution in [0.4, 0.5) is 5.69 Å². The first-order valence-corrected chi connectivity index (χ1v) is 10.8. The number of anilines is 1. The van der Waals surface area contributed by atoms with Crippen LogP contribution in [0.1, 0.15) is 5.56 Å². The van der Waals surface area contributed by atoms with Crippen LogP contribution in [-0.4, -0.2) is 60.1 Å². The highest BCUT2D eigenvalue weighted by molar-refractivity contribution is 7.92. The Balaban J connectivity index is 1.95. The fourth-order valence-corrected chi connectivity index (χ4v) is 3.20. The molecule has 0 saturated carbocycles. The van der Waals surface area contributed by atoms with Gasteiger partial charge >= 0.3 is 5.97 Å². The Kier molecular flexibility index (Phi) is 8.38. The van der Waals surface area contributed by atoms with Crippen LogP contribution in [0.3, 0.4) is 0 Å². The molecule has 0 bridgehead atoms. The number of carbonyl (C=O) groups is 2.